The van der Waals surface area contributed by atoms with E-state index in [0.29, 0.717) is 0 Å². The van der Waals surface area contributed by atoms with Crippen LogP contribution in [0.15, 0.2) is 24.3 Å². The van der Waals surface area contributed by atoms with E-state index in [1.165, 1.54) is 50.4 Å². The number of fused-ring (bicyclic) bond motifs is 3. The Bertz CT molecular complexity index is 598. The van der Waals surface area contributed by atoms with Gasteiger partial charge in [0, 0.05) is 26.2 Å². The van der Waals surface area contributed by atoms with Crippen molar-refractivity contribution in [2.45, 2.75) is 25.8 Å². The van der Waals surface area contributed by atoms with E-state index in [9.17, 15) is 0 Å². The predicted molar refractivity (Wildman–Crippen MR) is 82.2 cm³/mol. The molecule has 0 bridgehead atoms. The first kappa shape index (κ1) is 12.2. The lowest BCUT2D eigenvalue weighted by Crippen LogP contribution is -2.37. The third-order valence-electron chi connectivity index (χ3n) is 4.65. The molecule has 0 atom stereocenters. The third kappa shape index (κ3) is 2.08. The maximum Gasteiger partial charge on any atom is 0.206 e. The minimum absolute atomic E-state index is 1.08. The zero-order chi connectivity index (χ0) is 13.4. The van der Waals surface area contributed by atoms with Gasteiger partial charge in [-0.1, -0.05) is 18.6 Å². The summed E-state index contributed by atoms with van der Waals surface area (Å²) in [7, 11) is 0. The number of anilines is 1. The second-order valence-electron chi connectivity index (χ2n) is 5.94. The van der Waals surface area contributed by atoms with E-state index in [-0.39, 0.29) is 0 Å². The second-order valence-corrected chi connectivity index (χ2v) is 5.94. The van der Waals surface area contributed by atoms with Crippen molar-refractivity contribution in [3.05, 3.63) is 24.3 Å². The van der Waals surface area contributed by atoms with Crippen molar-refractivity contribution in [3.8, 4) is 0 Å². The molecule has 2 aromatic rings. The lowest BCUT2D eigenvalue weighted by molar-refractivity contribution is 0.233. The maximum absolute atomic E-state index is 4.81. The minimum atomic E-state index is 1.08. The Balaban J connectivity index is 1.49. The largest absolute Gasteiger partial charge is 0.339 e. The molecule has 0 N–H and O–H groups in total. The summed E-state index contributed by atoms with van der Waals surface area (Å²) in [4.78, 5) is 9.87. The van der Waals surface area contributed by atoms with Crippen molar-refractivity contribution in [1.82, 2.24) is 14.5 Å². The molecule has 3 heterocycles. The molecule has 4 rings (SSSR count). The zero-order valence-corrected chi connectivity index (χ0v) is 12.0. The average molecular weight is 270 g/mol. The number of piperidine rings is 1. The van der Waals surface area contributed by atoms with E-state index in [1.807, 2.05) is 0 Å². The summed E-state index contributed by atoms with van der Waals surface area (Å²) in [6.45, 7) is 7.05. The van der Waals surface area contributed by atoms with Crippen molar-refractivity contribution < 1.29 is 0 Å². The van der Waals surface area contributed by atoms with Gasteiger partial charge in [-0.15, -0.1) is 0 Å². The Hall–Kier alpha value is -1.55. The SMILES string of the molecule is c1ccc2c(c1)nc1n2CCN1CCN1CCCCC1. The molecule has 1 aromatic carbocycles. The first-order valence-corrected chi connectivity index (χ1v) is 7.84. The fourth-order valence-corrected chi connectivity index (χ4v) is 3.50. The highest BCUT2D eigenvalue weighted by molar-refractivity contribution is 5.79. The van der Waals surface area contributed by atoms with Crippen LogP contribution in [-0.2, 0) is 6.54 Å². The maximum atomic E-state index is 4.81. The molecule has 1 saturated heterocycles. The second kappa shape index (κ2) is 5.09. The third-order valence-corrected chi connectivity index (χ3v) is 4.65. The summed E-state index contributed by atoms with van der Waals surface area (Å²) < 4.78 is 2.37. The molecule has 1 aromatic heterocycles. The van der Waals surface area contributed by atoms with Gasteiger partial charge in [0.1, 0.15) is 0 Å². The molecule has 1 fully saturated rings. The fourth-order valence-electron chi connectivity index (χ4n) is 3.50. The number of benzene rings is 1. The topological polar surface area (TPSA) is 24.3 Å². The van der Waals surface area contributed by atoms with Crippen LogP contribution in [-0.4, -0.2) is 47.2 Å². The van der Waals surface area contributed by atoms with Gasteiger partial charge in [0.05, 0.1) is 11.0 Å². The molecule has 4 heteroatoms. The first-order chi connectivity index (χ1) is 9.92. The highest BCUT2D eigenvalue weighted by Gasteiger charge is 2.23. The van der Waals surface area contributed by atoms with Gasteiger partial charge in [0.25, 0.3) is 0 Å². The summed E-state index contributed by atoms with van der Waals surface area (Å²) in [5, 5.41) is 0. The number of imidazole rings is 1. The van der Waals surface area contributed by atoms with E-state index in [2.05, 4.69) is 38.6 Å². The lowest BCUT2D eigenvalue weighted by atomic mass is 10.1. The van der Waals surface area contributed by atoms with Gasteiger partial charge in [-0.25, -0.2) is 4.98 Å². The molecular formula is C16H22N4. The quantitative estimate of drug-likeness (QED) is 0.855. The van der Waals surface area contributed by atoms with Gasteiger partial charge < -0.3 is 14.4 Å². The van der Waals surface area contributed by atoms with Crippen LogP contribution in [0.1, 0.15) is 19.3 Å². The molecule has 20 heavy (non-hydrogen) atoms. The van der Waals surface area contributed by atoms with Crippen molar-refractivity contribution >= 4 is 17.0 Å². The highest BCUT2D eigenvalue weighted by atomic mass is 15.4. The smallest absolute Gasteiger partial charge is 0.206 e. The van der Waals surface area contributed by atoms with Gasteiger partial charge in [0.2, 0.25) is 5.95 Å². The molecule has 0 saturated carbocycles. The van der Waals surface area contributed by atoms with Gasteiger partial charge >= 0.3 is 0 Å². The molecule has 2 aliphatic rings. The molecule has 0 amide bonds. The van der Waals surface area contributed by atoms with Crippen LogP contribution in [0.2, 0.25) is 0 Å². The number of aromatic nitrogens is 2. The number of likely N-dealkylation sites (tertiary alicyclic amines) is 1. The van der Waals surface area contributed by atoms with Gasteiger partial charge in [-0.3, -0.25) is 0 Å². The van der Waals surface area contributed by atoms with Crippen molar-refractivity contribution in [3.63, 3.8) is 0 Å². The monoisotopic (exact) mass is 270 g/mol. The van der Waals surface area contributed by atoms with Gasteiger partial charge in [-0.2, -0.15) is 0 Å². The Kier molecular flexibility index (Phi) is 3.11. The Morgan fingerprint density at radius 3 is 2.65 bits per heavy atom. The average Bonchev–Trinajstić information content (AvgIpc) is 3.05. The van der Waals surface area contributed by atoms with Crippen LogP contribution >= 0.6 is 0 Å². The Labute approximate surface area is 120 Å². The van der Waals surface area contributed by atoms with E-state index < -0.39 is 0 Å². The van der Waals surface area contributed by atoms with Crippen LogP contribution < -0.4 is 4.90 Å². The van der Waals surface area contributed by atoms with E-state index in [0.717, 1.165) is 25.2 Å². The lowest BCUT2D eigenvalue weighted by Gasteiger charge is -2.28. The Morgan fingerprint density at radius 2 is 1.75 bits per heavy atom. The van der Waals surface area contributed by atoms with Crippen LogP contribution in [0.4, 0.5) is 5.95 Å². The number of rotatable bonds is 3. The standard InChI is InChI=1S/C16H22N4/c1-4-8-18(9-5-1)10-11-19-12-13-20-15-7-3-2-6-14(15)17-16(19)20/h2-3,6-7H,1,4-5,8-13H2. The summed E-state index contributed by atoms with van der Waals surface area (Å²) in [5.74, 6) is 1.17. The normalized spacial score (nSPS) is 19.7. The van der Waals surface area contributed by atoms with Gasteiger partial charge in [-0.05, 0) is 38.1 Å². The molecule has 0 spiro atoms. The van der Waals surface area contributed by atoms with Crippen molar-refractivity contribution in [2.24, 2.45) is 0 Å². The molecule has 0 aliphatic carbocycles. The van der Waals surface area contributed by atoms with Crippen LogP contribution in [0.3, 0.4) is 0 Å². The molecule has 4 nitrogen and oxygen atoms in total. The molecule has 2 aliphatic heterocycles. The van der Waals surface area contributed by atoms with E-state index in [1.54, 1.807) is 0 Å². The highest BCUT2D eigenvalue weighted by Crippen LogP contribution is 2.26. The number of hydrogen-bond donors (Lipinski definition) is 0. The number of nitrogens with zero attached hydrogens (tertiary/aromatic N) is 4. The summed E-state index contributed by atoms with van der Waals surface area (Å²) in [6, 6.07) is 8.47. The number of hydrogen-bond acceptors (Lipinski definition) is 3. The minimum Gasteiger partial charge on any atom is -0.339 e. The van der Waals surface area contributed by atoms with Crippen LogP contribution in [0.25, 0.3) is 11.0 Å². The van der Waals surface area contributed by atoms with Crippen LogP contribution in [0, 0.1) is 0 Å². The summed E-state index contributed by atoms with van der Waals surface area (Å²) in [5.41, 5.74) is 2.41. The predicted octanol–water partition coefficient (Wildman–Crippen LogP) is 2.34. The molecule has 0 unspecified atom stereocenters. The Morgan fingerprint density at radius 1 is 0.900 bits per heavy atom. The summed E-state index contributed by atoms with van der Waals surface area (Å²) >= 11 is 0. The van der Waals surface area contributed by atoms with E-state index >= 15 is 0 Å². The van der Waals surface area contributed by atoms with Crippen molar-refractivity contribution in [1.29, 1.82) is 0 Å². The number of para-hydroxylation sites is 2. The zero-order valence-electron chi connectivity index (χ0n) is 12.0. The molecular weight excluding hydrogens is 248 g/mol. The molecule has 0 radical (unpaired) electrons. The van der Waals surface area contributed by atoms with E-state index in [4.69, 9.17) is 4.98 Å². The molecule has 106 valence electrons. The van der Waals surface area contributed by atoms with Crippen LogP contribution in [0.5, 0.6) is 0 Å². The summed E-state index contributed by atoms with van der Waals surface area (Å²) in [6.07, 6.45) is 4.16. The fraction of sp³-hybridized carbons (Fsp3) is 0.562. The van der Waals surface area contributed by atoms with Crippen molar-refractivity contribution in [2.75, 3.05) is 37.6 Å². The van der Waals surface area contributed by atoms with Gasteiger partial charge in [0.15, 0.2) is 0 Å². The first-order valence-electron chi connectivity index (χ1n) is 7.84.